The van der Waals surface area contributed by atoms with Crippen molar-refractivity contribution < 1.29 is 18.6 Å². The SMILES string of the molecule is CCO[C@H]([C@H](OCC)[n+]1ccccc1)[n+]1ccccc1. The first-order valence-corrected chi connectivity index (χ1v) is 7.01. The number of ether oxygens (including phenoxy) is 2. The zero-order valence-electron chi connectivity index (χ0n) is 12.1. The number of nitrogens with zero attached hydrogens (tertiary/aromatic N) is 2. The second-order valence-electron chi connectivity index (χ2n) is 4.34. The van der Waals surface area contributed by atoms with E-state index in [4.69, 9.17) is 9.47 Å². The number of pyridine rings is 2. The predicted octanol–water partition coefficient (Wildman–Crippen LogP) is 2.03. The molecule has 4 nitrogen and oxygen atoms in total. The Morgan fingerprint density at radius 2 is 1.00 bits per heavy atom. The lowest BCUT2D eigenvalue weighted by Crippen LogP contribution is -2.54. The summed E-state index contributed by atoms with van der Waals surface area (Å²) in [6, 6.07) is 11.9. The molecule has 4 heteroatoms. The Hall–Kier alpha value is -1.78. The highest BCUT2D eigenvalue weighted by atomic mass is 16.6. The van der Waals surface area contributed by atoms with Gasteiger partial charge in [-0.1, -0.05) is 12.1 Å². The van der Waals surface area contributed by atoms with Gasteiger partial charge in [0.2, 0.25) is 0 Å². The third-order valence-electron chi connectivity index (χ3n) is 2.98. The Morgan fingerprint density at radius 3 is 1.30 bits per heavy atom. The van der Waals surface area contributed by atoms with E-state index in [9.17, 15) is 0 Å². The molecule has 0 spiro atoms. The van der Waals surface area contributed by atoms with Crippen molar-refractivity contribution >= 4 is 0 Å². The van der Waals surface area contributed by atoms with Crippen LogP contribution in [0.25, 0.3) is 0 Å². The molecule has 0 N–H and O–H groups in total. The fourth-order valence-corrected chi connectivity index (χ4v) is 2.14. The molecule has 0 radical (unpaired) electrons. The molecule has 0 bridgehead atoms. The van der Waals surface area contributed by atoms with Crippen LogP contribution in [0.3, 0.4) is 0 Å². The molecular formula is C16H22N2O2+2. The molecule has 106 valence electrons. The van der Waals surface area contributed by atoms with Gasteiger partial charge >= 0.3 is 12.5 Å². The van der Waals surface area contributed by atoms with E-state index < -0.39 is 0 Å². The Bertz CT molecular complexity index is 443. The average Bonchev–Trinajstić information content (AvgIpc) is 2.52. The maximum atomic E-state index is 5.91. The van der Waals surface area contributed by atoms with Crippen LogP contribution < -0.4 is 9.13 Å². The number of hydrogen-bond donors (Lipinski definition) is 0. The van der Waals surface area contributed by atoms with E-state index in [2.05, 4.69) is 0 Å². The Labute approximate surface area is 120 Å². The quantitative estimate of drug-likeness (QED) is 0.722. The second-order valence-corrected chi connectivity index (χ2v) is 4.34. The van der Waals surface area contributed by atoms with Crippen LogP contribution in [0.15, 0.2) is 61.2 Å². The highest BCUT2D eigenvalue weighted by molar-refractivity contribution is 4.85. The summed E-state index contributed by atoms with van der Waals surface area (Å²) in [6.45, 7) is 5.25. The normalized spacial score (nSPS) is 13.9. The van der Waals surface area contributed by atoms with Crippen molar-refractivity contribution in [3.05, 3.63) is 61.2 Å². The maximum Gasteiger partial charge on any atom is 0.353 e. The van der Waals surface area contributed by atoms with Gasteiger partial charge in [0.25, 0.3) is 0 Å². The van der Waals surface area contributed by atoms with Gasteiger partial charge in [0.1, 0.15) is 0 Å². The van der Waals surface area contributed by atoms with Crippen LogP contribution >= 0.6 is 0 Å². The van der Waals surface area contributed by atoms with Crippen molar-refractivity contribution in [3.63, 3.8) is 0 Å². The van der Waals surface area contributed by atoms with Crippen molar-refractivity contribution in [2.75, 3.05) is 13.2 Å². The summed E-state index contributed by atoms with van der Waals surface area (Å²) in [4.78, 5) is 0. The van der Waals surface area contributed by atoms with E-state index in [1.807, 2.05) is 84.2 Å². The summed E-state index contributed by atoms with van der Waals surface area (Å²) in [5.74, 6) is 0. The Kier molecular flexibility index (Phi) is 5.65. The van der Waals surface area contributed by atoms with Crippen molar-refractivity contribution in [1.29, 1.82) is 0 Å². The van der Waals surface area contributed by atoms with Crippen LogP contribution in [0.2, 0.25) is 0 Å². The fourth-order valence-electron chi connectivity index (χ4n) is 2.14. The highest BCUT2D eigenvalue weighted by Gasteiger charge is 2.38. The van der Waals surface area contributed by atoms with E-state index >= 15 is 0 Å². The summed E-state index contributed by atoms with van der Waals surface area (Å²) >= 11 is 0. The monoisotopic (exact) mass is 274 g/mol. The van der Waals surface area contributed by atoms with Gasteiger partial charge in [0.15, 0.2) is 24.8 Å². The van der Waals surface area contributed by atoms with Crippen molar-refractivity contribution in [2.45, 2.75) is 26.3 Å². The van der Waals surface area contributed by atoms with Crippen LogP contribution in [-0.4, -0.2) is 13.2 Å². The zero-order chi connectivity index (χ0) is 14.2. The average molecular weight is 274 g/mol. The van der Waals surface area contributed by atoms with Crippen molar-refractivity contribution in [2.24, 2.45) is 0 Å². The molecule has 0 amide bonds. The van der Waals surface area contributed by atoms with Crippen LogP contribution in [0, 0.1) is 0 Å². The standard InChI is InChI=1S/C16H22N2O2/c1-3-19-15(17-11-7-5-8-12-17)16(20-4-2)18-13-9-6-10-14-18/h5-16H,3-4H2,1-2H3/q+2/t15-,16+. The molecule has 0 saturated heterocycles. The topological polar surface area (TPSA) is 26.2 Å². The second kappa shape index (κ2) is 7.72. The minimum atomic E-state index is -0.200. The largest absolute Gasteiger partial charge is 0.353 e. The third-order valence-corrected chi connectivity index (χ3v) is 2.98. The summed E-state index contributed by atoms with van der Waals surface area (Å²) in [5, 5.41) is 0. The van der Waals surface area contributed by atoms with Crippen LogP contribution in [-0.2, 0) is 9.47 Å². The van der Waals surface area contributed by atoms with Gasteiger partial charge in [-0.15, -0.1) is 0 Å². The minimum Gasteiger partial charge on any atom is -0.314 e. The number of hydrogen-bond acceptors (Lipinski definition) is 2. The van der Waals surface area contributed by atoms with Crippen LogP contribution in [0.1, 0.15) is 26.3 Å². The molecule has 0 aliphatic heterocycles. The number of rotatable bonds is 7. The molecule has 2 rings (SSSR count). The number of aromatic nitrogens is 2. The molecule has 2 heterocycles. The van der Waals surface area contributed by atoms with Gasteiger partial charge in [0, 0.05) is 24.3 Å². The van der Waals surface area contributed by atoms with E-state index in [0.717, 1.165) is 0 Å². The molecule has 20 heavy (non-hydrogen) atoms. The maximum absolute atomic E-state index is 5.91. The van der Waals surface area contributed by atoms with E-state index in [1.54, 1.807) is 0 Å². The molecular weight excluding hydrogens is 252 g/mol. The van der Waals surface area contributed by atoms with Crippen LogP contribution in [0.4, 0.5) is 0 Å². The third kappa shape index (κ3) is 3.62. The van der Waals surface area contributed by atoms with Crippen molar-refractivity contribution in [1.82, 2.24) is 0 Å². The first-order valence-electron chi connectivity index (χ1n) is 7.01. The molecule has 0 aliphatic carbocycles. The van der Waals surface area contributed by atoms with Gasteiger partial charge < -0.3 is 9.47 Å². The molecule has 2 aromatic rings. The Balaban J connectivity index is 2.33. The molecule has 2 aromatic heterocycles. The first-order chi connectivity index (χ1) is 9.86. The molecule has 0 saturated carbocycles. The summed E-state index contributed by atoms with van der Waals surface area (Å²) in [7, 11) is 0. The summed E-state index contributed by atoms with van der Waals surface area (Å²) in [6.07, 6.45) is 7.58. The van der Waals surface area contributed by atoms with Gasteiger partial charge in [-0.3, -0.25) is 0 Å². The van der Waals surface area contributed by atoms with Crippen molar-refractivity contribution in [3.8, 4) is 0 Å². The smallest absolute Gasteiger partial charge is 0.314 e. The molecule has 0 fully saturated rings. The Morgan fingerprint density at radius 1 is 0.650 bits per heavy atom. The van der Waals surface area contributed by atoms with E-state index in [-0.39, 0.29) is 12.5 Å². The van der Waals surface area contributed by atoms with Crippen LogP contribution in [0.5, 0.6) is 0 Å². The minimum absolute atomic E-state index is 0.200. The zero-order valence-corrected chi connectivity index (χ0v) is 12.1. The lowest BCUT2D eigenvalue weighted by molar-refractivity contribution is -0.870. The highest BCUT2D eigenvalue weighted by Crippen LogP contribution is 2.15. The molecule has 0 aliphatic rings. The first kappa shape index (κ1) is 14.6. The van der Waals surface area contributed by atoms with Gasteiger partial charge in [0.05, 0.1) is 13.2 Å². The molecule has 0 aromatic carbocycles. The molecule has 0 unspecified atom stereocenters. The lowest BCUT2D eigenvalue weighted by atomic mass is 10.3. The summed E-state index contributed by atoms with van der Waals surface area (Å²) < 4.78 is 15.9. The lowest BCUT2D eigenvalue weighted by Gasteiger charge is -2.18. The predicted molar refractivity (Wildman–Crippen MR) is 74.6 cm³/mol. The van der Waals surface area contributed by atoms with Gasteiger partial charge in [-0.25, -0.2) is 0 Å². The summed E-state index contributed by atoms with van der Waals surface area (Å²) in [5.41, 5.74) is 0. The fraction of sp³-hybridized carbons (Fsp3) is 0.375. The van der Waals surface area contributed by atoms with E-state index in [1.165, 1.54) is 0 Å². The van der Waals surface area contributed by atoms with E-state index in [0.29, 0.717) is 13.2 Å². The van der Waals surface area contributed by atoms with Gasteiger partial charge in [-0.2, -0.15) is 9.13 Å². The van der Waals surface area contributed by atoms with Gasteiger partial charge in [-0.05, 0) is 13.8 Å². The molecule has 2 atom stereocenters.